The quantitative estimate of drug-likeness (QED) is 0.545. The highest BCUT2D eigenvalue weighted by Gasteiger charge is 2.48. The van der Waals surface area contributed by atoms with E-state index in [9.17, 15) is 14.4 Å². The smallest absolute Gasteiger partial charge is 0.345 e. The van der Waals surface area contributed by atoms with Crippen LogP contribution in [0.15, 0.2) is 12.7 Å². The van der Waals surface area contributed by atoms with Crippen LogP contribution in [0.3, 0.4) is 0 Å². The van der Waals surface area contributed by atoms with Crippen molar-refractivity contribution in [3.63, 3.8) is 0 Å². The van der Waals surface area contributed by atoms with Gasteiger partial charge in [0.2, 0.25) is 0 Å². The van der Waals surface area contributed by atoms with Crippen LogP contribution in [0.25, 0.3) is 0 Å². The predicted octanol–water partition coefficient (Wildman–Crippen LogP) is 0.000400. The van der Waals surface area contributed by atoms with E-state index < -0.39 is 24.0 Å². The summed E-state index contributed by atoms with van der Waals surface area (Å²) in [5, 5.41) is 10.1. The Morgan fingerprint density at radius 3 is 2.85 bits per heavy atom. The number of carbonyl (C=O) groups is 3. The number of rotatable bonds is 6. The van der Waals surface area contributed by atoms with E-state index in [-0.39, 0.29) is 19.3 Å². The summed E-state index contributed by atoms with van der Waals surface area (Å²) in [7, 11) is 0. The second-order valence-electron chi connectivity index (χ2n) is 4.59. The number of carboxylic acid groups (broad SMARTS) is 1. The monoisotopic (exact) mass is 284 g/mol. The van der Waals surface area contributed by atoms with Gasteiger partial charge in [-0.1, -0.05) is 12.7 Å². The lowest BCUT2D eigenvalue weighted by Gasteiger charge is -2.26. The van der Waals surface area contributed by atoms with E-state index in [1.54, 1.807) is 0 Å². The Labute approximate surface area is 115 Å². The van der Waals surface area contributed by atoms with Crippen molar-refractivity contribution < 1.29 is 29.1 Å². The first kappa shape index (κ1) is 14.3. The number of amides is 2. The molecule has 0 aromatic heterocycles. The molecular weight excluding hydrogens is 268 g/mol. The summed E-state index contributed by atoms with van der Waals surface area (Å²) in [4.78, 5) is 40.8. The molecule has 2 bridgehead atoms. The molecule has 0 radical (unpaired) electrons. The lowest BCUT2D eigenvalue weighted by atomic mass is 10.0. The molecule has 1 N–H and O–H groups in total. The molecule has 110 valence electrons. The van der Waals surface area contributed by atoms with Gasteiger partial charge in [0, 0.05) is 6.54 Å². The standard InChI is InChI=1S/C12H16N2O6/c1-2-5-19-10(15)7-20-14-8-3-4-9(11(16)17)13(6-8)12(14)18/h2,8-9H,1,3-7H2,(H,16,17). The minimum atomic E-state index is -1.02. The SMILES string of the molecule is C=CCOC(=O)CON1C(=O)N2CC1CCC2C(=O)O. The average molecular weight is 284 g/mol. The number of hydrogen-bond donors (Lipinski definition) is 1. The third kappa shape index (κ3) is 2.74. The Morgan fingerprint density at radius 1 is 1.45 bits per heavy atom. The van der Waals surface area contributed by atoms with Crippen LogP contribution in [0.2, 0.25) is 0 Å². The Bertz CT molecular complexity index is 438. The number of ether oxygens (including phenoxy) is 1. The van der Waals surface area contributed by atoms with Crippen molar-refractivity contribution in [3.8, 4) is 0 Å². The van der Waals surface area contributed by atoms with Crippen LogP contribution in [-0.4, -0.2) is 64.9 Å². The molecule has 20 heavy (non-hydrogen) atoms. The van der Waals surface area contributed by atoms with Crippen LogP contribution >= 0.6 is 0 Å². The second-order valence-corrected chi connectivity index (χ2v) is 4.59. The molecule has 0 aromatic carbocycles. The van der Waals surface area contributed by atoms with E-state index >= 15 is 0 Å². The van der Waals surface area contributed by atoms with Gasteiger partial charge in [-0.25, -0.2) is 14.4 Å². The third-order valence-electron chi connectivity index (χ3n) is 3.29. The van der Waals surface area contributed by atoms with Gasteiger partial charge in [0.15, 0.2) is 6.61 Å². The van der Waals surface area contributed by atoms with E-state index in [2.05, 4.69) is 6.58 Å². The fraction of sp³-hybridized carbons (Fsp3) is 0.583. The van der Waals surface area contributed by atoms with Gasteiger partial charge in [0.25, 0.3) is 0 Å². The second kappa shape index (κ2) is 5.91. The number of urea groups is 1. The molecule has 0 aliphatic carbocycles. The summed E-state index contributed by atoms with van der Waals surface area (Å²) in [6, 6.07) is -1.55. The summed E-state index contributed by atoms with van der Waals surface area (Å²) >= 11 is 0. The number of carbonyl (C=O) groups excluding carboxylic acids is 2. The molecule has 0 aromatic rings. The largest absolute Gasteiger partial charge is 0.480 e. The van der Waals surface area contributed by atoms with E-state index in [1.807, 2.05) is 0 Å². The molecule has 2 unspecified atom stereocenters. The highest BCUT2D eigenvalue weighted by atomic mass is 16.7. The Kier molecular flexibility index (Phi) is 4.23. The molecular formula is C12H16N2O6. The first-order valence-corrected chi connectivity index (χ1v) is 6.26. The molecule has 8 heteroatoms. The molecule has 2 saturated heterocycles. The zero-order valence-electron chi connectivity index (χ0n) is 10.9. The van der Waals surface area contributed by atoms with Crippen LogP contribution in [0, 0.1) is 0 Å². The fourth-order valence-corrected chi connectivity index (χ4v) is 2.37. The molecule has 8 nitrogen and oxygen atoms in total. The molecule has 2 aliphatic rings. The van der Waals surface area contributed by atoms with Gasteiger partial charge in [0.05, 0.1) is 6.04 Å². The topological polar surface area (TPSA) is 96.4 Å². The first-order valence-electron chi connectivity index (χ1n) is 6.26. The van der Waals surface area contributed by atoms with E-state index in [4.69, 9.17) is 14.7 Å². The number of piperidine rings is 1. The van der Waals surface area contributed by atoms with Gasteiger partial charge in [-0.2, -0.15) is 5.06 Å². The van der Waals surface area contributed by atoms with Crippen LogP contribution < -0.4 is 0 Å². The number of carboxylic acids is 1. The minimum absolute atomic E-state index is 0.0762. The summed E-state index contributed by atoms with van der Waals surface area (Å²) in [5.41, 5.74) is 0. The molecule has 2 amide bonds. The van der Waals surface area contributed by atoms with Crippen molar-refractivity contribution in [2.45, 2.75) is 24.9 Å². The number of hydroxylamine groups is 2. The average Bonchev–Trinajstić information content (AvgIpc) is 2.66. The zero-order valence-corrected chi connectivity index (χ0v) is 10.9. The number of nitrogens with zero attached hydrogens (tertiary/aromatic N) is 2. The Hall–Kier alpha value is -2.09. The summed E-state index contributed by atoms with van der Waals surface area (Å²) < 4.78 is 4.73. The van der Waals surface area contributed by atoms with Crippen LogP contribution in [0.5, 0.6) is 0 Å². The van der Waals surface area contributed by atoms with Crippen molar-refractivity contribution in [1.29, 1.82) is 0 Å². The van der Waals surface area contributed by atoms with E-state index in [0.717, 1.165) is 5.06 Å². The maximum absolute atomic E-state index is 12.0. The molecule has 0 spiro atoms. The Morgan fingerprint density at radius 2 is 2.20 bits per heavy atom. The van der Waals surface area contributed by atoms with Crippen LogP contribution in [-0.2, 0) is 19.2 Å². The third-order valence-corrected chi connectivity index (χ3v) is 3.29. The number of esters is 1. The van der Waals surface area contributed by atoms with Crippen molar-refractivity contribution in [1.82, 2.24) is 9.96 Å². The van der Waals surface area contributed by atoms with Gasteiger partial charge in [-0.05, 0) is 12.8 Å². The number of aliphatic carboxylic acids is 1. The lowest BCUT2D eigenvalue weighted by Crippen LogP contribution is -2.44. The van der Waals surface area contributed by atoms with Crippen LogP contribution in [0.1, 0.15) is 12.8 Å². The van der Waals surface area contributed by atoms with Crippen molar-refractivity contribution in [2.75, 3.05) is 19.8 Å². The molecule has 2 aliphatic heterocycles. The minimum Gasteiger partial charge on any atom is -0.480 e. The maximum Gasteiger partial charge on any atom is 0.345 e. The zero-order chi connectivity index (χ0) is 14.7. The molecule has 2 atom stereocenters. The van der Waals surface area contributed by atoms with E-state index in [0.29, 0.717) is 19.4 Å². The van der Waals surface area contributed by atoms with Gasteiger partial charge in [0.1, 0.15) is 12.6 Å². The van der Waals surface area contributed by atoms with Gasteiger partial charge < -0.3 is 14.7 Å². The molecule has 2 heterocycles. The van der Waals surface area contributed by atoms with E-state index in [1.165, 1.54) is 11.0 Å². The molecule has 0 saturated carbocycles. The predicted molar refractivity (Wildman–Crippen MR) is 65.5 cm³/mol. The summed E-state index contributed by atoms with van der Waals surface area (Å²) in [6.45, 7) is 3.40. The van der Waals surface area contributed by atoms with Crippen LogP contribution in [0.4, 0.5) is 4.79 Å². The summed E-state index contributed by atoms with van der Waals surface area (Å²) in [6.07, 6.45) is 2.34. The van der Waals surface area contributed by atoms with Gasteiger partial charge in [-0.3, -0.25) is 4.84 Å². The first-order chi connectivity index (χ1) is 9.54. The summed E-state index contributed by atoms with van der Waals surface area (Å²) in [5.74, 6) is -1.63. The normalized spacial score (nSPS) is 24.7. The highest BCUT2D eigenvalue weighted by molar-refractivity contribution is 5.84. The molecule has 2 rings (SSSR count). The Balaban J connectivity index is 1.91. The van der Waals surface area contributed by atoms with Gasteiger partial charge in [-0.15, -0.1) is 0 Å². The number of fused-ring (bicyclic) bond motifs is 2. The lowest BCUT2D eigenvalue weighted by molar-refractivity contribution is -0.171. The number of hydrogen-bond acceptors (Lipinski definition) is 5. The van der Waals surface area contributed by atoms with Crippen molar-refractivity contribution in [3.05, 3.63) is 12.7 Å². The van der Waals surface area contributed by atoms with Crippen molar-refractivity contribution >= 4 is 18.0 Å². The maximum atomic E-state index is 12.0. The molecule has 2 fully saturated rings. The van der Waals surface area contributed by atoms with Gasteiger partial charge >= 0.3 is 18.0 Å². The van der Waals surface area contributed by atoms with Crippen molar-refractivity contribution in [2.24, 2.45) is 0 Å². The fourth-order valence-electron chi connectivity index (χ4n) is 2.37. The highest BCUT2D eigenvalue weighted by Crippen LogP contribution is 2.29.